The Morgan fingerprint density at radius 2 is 2.21 bits per heavy atom. The van der Waals surface area contributed by atoms with Gasteiger partial charge in [-0.1, -0.05) is 23.8 Å². The maximum atomic E-state index is 13.0. The van der Waals surface area contributed by atoms with E-state index in [4.69, 9.17) is 0 Å². The molecule has 2 rings (SSSR count). The highest BCUT2D eigenvalue weighted by atomic mass is 19.1. The molecule has 1 atom stereocenters. The Morgan fingerprint density at radius 3 is 2.95 bits per heavy atom. The summed E-state index contributed by atoms with van der Waals surface area (Å²) < 4.78 is 13.0. The van der Waals surface area contributed by atoms with Crippen LogP contribution >= 0.6 is 0 Å². The molecule has 3 heteroatoms. The summed E-state index contributed by atoms with van der Waals surface area (Å²) in [7, 11) is 0. The van der Waals surface area contributed by atoms with Gasteiger partial charge in [0.05, 0.1) is 6.10 Å². The first kappa shape index (κ1) is 14.2. The number of hydrogen-bond acceptors (Lipinski definition) is 2. The topological polar surface area (TPSA) is 32.3 Å². The lowest BCUT2D eigenvalue weighted by atomic mass is 9.97. The summed E-state index contributed by atoms with van der Waals surface area (Å²) in [4.78, 5) is 0. The van der Waals surface area contributed by atoms with Gasteiger partial charge in [0.15, 0.2) is 0 Å². The Kier molecular flexibility index (Phi) is 5.55. The highest BCUT2D eigenvalue weighted by molar-refractivity contribution is 5.19. The first-order valence-corrected chi connectivity index (χ1v) is 7.08. The van der Waals surface area contributed by atoms with Crippen LogP contribution in [0.5, 0.6) is 0 Å². The van der Waals surface area contributed by atoms with Gasteiger partial charge in [-0.15, -0.1) is 0 Å². The van der Waals surface area contributed by atoms with Gasteiger partial charge in [0, 0.05) is 6.54 Å². The van der Waals surface area contributed by atoms with E-state index in [1.807, 2.05) is 0 Å². The van der Waals surface area contributed by atoms with E-state index in [-0.39, 0.29) is 5.82 Å². The maximum Gasteiger partial charge on any atom is 0.123 e. The molecule has 1 unspecified atom stereocenters. The summed E-state index contributed by atoms with van der Waals surface area (Å²) in [5, 5.41) is 13.2. The third-order valence-electron chi connectivity index (χ3n) is 3.58. The van der Waals surface area contributed by atoms with Crippen molar-refractivity contribution < 1.29 is 9.50 Å². The Labute approximate surface area is 114 Å². The van der Waals surface area contributed by atoms with Gasteiger partial charge in [-0.2, -0.15) is 0 Å². The van der Waals surface area contributed by atoms with Crippen LogP contribution in [0.15, 0.2) is 35.9 Å². The van der Waals surface area contributed by atoms with E-state index in [2.05, 4.69) is 11.4 Å². The summed E-state index contributed by atoms with van der Waals surface area (Å²) in [6.45, 7) is 1.34. The summed E-state index contributed by atoms with van der Waals surface area (Å²) >= 11 is 0. The molecule has 0 saturated carbocycles. The van der Waals surface area contributed by atoms with E-state index >= 15 is 0 Å². The molecular weight excluding hydrogens is 241 g/mol. The average molecular weight is 263 g/mol. The number of rotatable bonds is 6. The monoisotopic (exact) mass is 263 g/mol. The zero-order valence-corrected chi connectivity index (χ0v) is 11.2. The molecule has 1 aliphatic carbocycles. The van der Waals surface area contributed by atoms with Gasteiger partial charge >= 0.3 is 0 Å². The fourth-order valence-electron chi connectivity index (χ4n) is 2.45. The lowest BCUT2D eigenvalue weighted by Crippen LogP contribution is -2.23. The van der Waals surface area contributed by atoms with Crippen molar-refractivity contribution in [3.8, 4) is 0 Å². The first-order valence-electron chi connectivity index (χ1n) is 7.08. The minimum Gasteiger partial charge on any atom is -0.387 e. The van der Waals surface area contributed by atoms with E-state index in [9.17, 15) is 9.50 Å². The number of hydrogen-bond donors (Lipinski definition) is 2. The molecule has 0 aliphatic heterocycles. The molecule has 104 valence electrons. The van der Waals surface area contributed by atoms with Gasteiger partial charge in [-0.05, 0) is 56.3 Å². The van der Waals surface area contributed by atoms with Crippen LogP contribution in [0.3, 0.4) is 0 Å². The van der Waals surface area contributed by atoms with E-state index in [1.165, 1.54) is 43.4 Å². The van der Waals surface area contributed by atoms with Crippen LogP contribution in [0.1, 0.15) is 43.8 Å². The van der Waals surface area contributed by atoms with Crippen molar-refractivity contribution in [1.82, 2.24) is 5.32 Å². The highest BCUT2D eigenvalue weighted by Crippen LogP contribution is 2.19. The maximum absolute atomic E-state index is 13.0. The number of nitrogens with one attached hydrogen (secondary N) is 1. The molecule has 1 aromatic carbocycles. The Hall–Kier alpha value is -1.19. The number of aliphatic hydroxyl groups is 1. The number of benzene rings is 1. The smallest absolute Gasteiger partial charge is 0.123 e. The molecule has 1 aliphatic rings. The number of aliphatic hydroxyl groups excluding tert-OH is 1. The third kappa shape index (κ3) is 4.77. The van der Waals surface area contributed by atoms with Gasteiger partial charge in [-0.25, -0.2) is 4.39 Å². The summed E-state index contributed by atoms with van der Waals surface area (Å²) in [5.41, 5.74) is 2.16. The molecule has 0 bridgehead atoms. The van der Waals surface area contributed by atoms with Crippen molar-refractivity contribution in [3.05, 3.63) is 47.3 Å². The van der Waals surface area contributed by atoms with Crippen LogP contribution in [0.2, 0.25) is 0 Å². The SMILES string of the molecule is OC(CNCCC1=CCCCC1)c1cccc(F)c1. The minimum atomic E-state index is -0.643. The predicted octanol–water partition coefficient (Wildman–Crippen LogP) is 3.34. The fourth-order valence-corrected chi connectivity index (χ4v) is 2.45. The average Bonchev–Trinajstić information content (AvgIpc) is 2.44. The van der Waals surface area contributed by atoms with Crippen molar-refractivity contribution in [2.24, 2.45) is 0 Å². The highest BCUT2D eigenvalue weighted by Gasteiger charge is 2.08. The van der Waals surface area contributed by atoms with Crippen LogP contribution in [-0.2, 0) is 0 Å². The van der Waals surface area contributed by atoms with E-state index < -0.39 is 6.10 Å². The summed E-state index contributed by atoms with van der Waals surface area (Å²) in [5.74, 6) is -0.302. The van der Waals surface area contributed by atoms with Crippen LogP contribution in [0.4, 0.5) is 4.39 Å². The zero-order chi connectivity index (χ0) is 13.5. The molecule has 0 fully saturated rings. The molecular formula is C16H22FNO. The van der Waals surface area contributed by atoms with Gasteiger partial charge < -0.3 is 10.4 Å². The molecule has 0 radical (unpaired) electrons. The van der Waals surface area contributed by atoms with E-state index in [0.29, 0.717) is 12.1 Å². The number of halogens is 1. The molecule has 0 aromatic heterocycles. The molecule has 0 spiro atoms. The molecule has 2 N–H and O–H groups in total. The van der Waals surface area contributed by atoms with E-state index in [0.717, 1.165) is 13.0 Å². The molecule has 1 aromatic rings. The van der Waals surface area contributed by atoms with Gasteiger partial charge in [0.25, 0.3) is 0 Å². The second-order valence-electron chi connectivity index (χ2n) is 5.13. The standard InChI is InChI=1S/C16H22FNO/c17-15-8-4-7-14(11-15)16(19)12-18-10-9-13-5-2-1-3-6-13/h4-5,7-8,11,16,18-19H,1-3,6,9-10,12H2. The summed E-state index contributed by atoms with van der Waals surface area (Å²) in [6, 6.07) is 6.15. The van der Waals surface area contributed by atoms with Crippen LogP contribution in [-0.4, -0.2) is 18.2 Å². The Morgan fingerprint density at radius 1 is 1.32 bits per heavy atom. The van der Waals surface area contributed by atoms with Crippen molar-refractivity contribution in [2.45, 2.75) is 38.2 Å². The van der Waals surface area contributed by atoms with Crippen LogP contribution in [0.25, 0.3) is 0 Å². The Balaban J connectivity index is 1.69. The van der Waals surface area contributed by atoms with Crippen molar-refractivity contribution in [3.63, 3.8) is 0 Å². The second-order valence-corrected chi connectivity index (χ2v) is 5.13. The van der Waals surface area contributed by atoms with Crippen molar-refractivity contribution >= 4 is 0 Å². The minimum absolute atomic E-state index is 0.302. The normalized spacial score (nSPS) is 17.1. The predicted molar refractivity (Wildman–Crippen MR) is 75.4 cm³/mol. The molecule has 0 saturated heterocycles. The molecule has 19 heavy (non-hydrogen) atoms. The first-order chi connectivity index (χ1) is 9.25. The quantitative estimate of drug-likeness (QED) is 0.609. The Bertz CT molecular complexity index is 431. The zero-order valence-electron chi connectivity index (χ0n) is 11.2. The summed E-state index contributed by atoms with van der Waals surface area (Å²) in [6.07, 6.45) is 7.79. The molecule has 0 heterocycles. The van der Waals surface area contributed by atoms with E-state index in [1.54, 1.807) is 12.1 Å². The van der Waals surface area contributed by atoms with Crippen molar-refractivity contribution in [2.75, 3.05) is 13.1 Å². The molecule has 0 amide bonds. The lowest BCUT2D eigenvalue weighted by Gasteiger charge is -2.15. The second kappa shape index (κ2) is 7.41. The largest absolute Gasteiger partial charge is 0.387 e. The van der Waals surface area contributed by atoms with Crippen molar-refractivity contribution in [1.29, 1.82) is 0 Å². The van der Waals surface area contributed by atoms with Crippen LogP contribution < -0.4 is 5.32 Å². The number of allylic oxidation sites excluding steroid dienone is 1. The van der Waals surface area contributed by atoms with Crippen LogP contribution in [0, 0.1) is 5.82 Å². The fraction of sp³-hybridized carbons (Fsp3) is 0.500. The third-order valence-corrected chi connectivity index (χ3v) is 3.58. The lowest BCUT2D eigenvalue weighted by molar-refractivity contribution is 0.174. The molecule has 2 nitrogen and oxygen atoms in total. The van der Waals surface area contributed by atoms with Gasteiger partial charge in [0.1, 0.15) is 5.82 Å². The van der Waals surface area contributed by atoms with Gasteiger partial charge in [-0.3, -0.25) is 0 Å². The van der Waals surface area contributed by atoms with Gasteiger partial charge in [0.2, 0.25) is 0 Å².